The van der Waals surface area contributed by atoms with E-state index >= 15 is 0 Å². The van der Waals surface area contributed by atoms with E-state index in [1.54, 1.807) is 42.5 Å². The van der Waals surface area contributed by atoms with E-state index in [9.17, 15) is 4.79 Å². The van der Waals surface area contributed by atoms with Gasteiger partial charge in [0.15, 0.2) is 5.11 Å². The zero-order valence-corrected chi connectivity index (χ0v) is 23.8. The van der Waals surface area contributed by atoms with E-state index in [0.717, 1.165) is 15.2 Å². The minimum absolute atomic E-state index is 0.0602. The lowest BCUT2D eigenvalue weighted by Gasteiger charge is -2.12. The van der Waals surface area contributed by atoms with Crippen LogP contribution in [0.4, 0.5) is 5.69 Å². The summed E-state index contributed by atoms with van der Waals surface area (Å²) in [6, 6.07) is 19.9. The Morgan fingerprint density at radius 1 is 0.921 bits per heavy atom. The van der Waals surface area contributed by atoms with Gasteiger partial charge >= 0.3 is 0 Å². The predicted molar refractivity (Wildman–Crippen MR) is 163 cm³/mol. The van der Waals surface area contributed by atoms with Crippen molar-refractivity contribution >= 4 is 103 Å². The van der Waals surface area contributed by atoms with Crippen molar-refractivity contribution < 1.29 is 9.21 Å². The number of carbonyl (C=O) groups excluding carboxylic acids is 1. The second-order valence-electron chi connectivity index (χ2n) is 7.88. The van der Waals surface area contributed by atoms with Gasteiger partial charge in [-0.1, -0.05) is 64.6 Å². The summed E-state index contributed by atoms with van der Waals surface area (Å²) >= 11 is 32.0. The van der Waals surface area contributed by atoms with Crippen molar-refractivity contribution in [1.82, 2.24) is 10.3 Å². The fourth-order valence-electron chi connectivity index (χ4n) is 3.54. The van der Waals surface area contributed by atoms with E-state index in [-0.39, 0.29) is 5.11 Å². The SMILES string of the molecule is O=C(C=Cc1ccc(-c2cccc(Cl)c2Cl)o1)NC(=S)Nc1cc(-c2nc3ccccc3s2)c(Cl)cc1Cl. The first-order chi connectivity index (χ1) is 18.3. The van der Waals surface area contributed by atoms with Crippen LogP contribution in [0.3, 0.4) is 0 Å². The van der Waals surface area contributed by atoms with Crippen LogP contribution in [0.1, 0.15) is 5.76 Å². The maximum Gasteiger partial charge on any atom is 0.250 e. The molecule has 11 heteroatoms. The molecule has 0 spiro atoms. The summed E-state index contributed by atoms with van der Waals surface area (Å²) in [6.45, 7) is 0. The number of thiocarbonyl (C=S) groups is 1. The van der Waals surface area contributed by atoms with E-state index in [2.05, 4.69) is 15.6 Å². The molecular formula is C27H15Cl4N3O2S2. The summed E-state index contributed by atoms with van der Waals surface area (Å²) in [5, 5.41) is 7.94. The molecule has 0 radical (unpaired) electrons. The highest BCUT2D eigenvalue weighted by Crippen LogP contribution is 2.39. The lowest BCUT2D eigenvalue weighted by atomic mass is 10.2. The van der Waals surface area contributed by atoms with Gasteiger partial charge in [-0.05, 0) is 66.8 Å². The highest BCUT2D eigenvalue weighted by molar-refractivity contribution is 7.80. The molecule has 0 aliphatic carbocycles. The molecule has 38 heavy (non-hydrogen) atoms. The number of hydrogen-bond acceptors (Lipinski definition) is 5. The first kappa shape index (κ1) is 26.7. The number of aromatic nitrogens is 1. The topological polar surface area (TPSA) is 67.2 Å². The first-order valence-electron chi connectivity index (χ1n) is 11.0. The van der Waals surface area contributed by atoms with E-state index in [1.807, 2.05) is 24.3 Å². The van der Waals surface area contributed by atoms with Crippen LogP contribution in [-0.4, -0.2) is 16.0 Å². The Balaban J connectivity index is 1.26. The Morgan fingerprint density at radius 3 is 2.55 bits per heavy atom. The van der Waals surface area contributed by atoms with Crippen LogP contribution in [-0.2, 0) is 4.79 Å². The molecule has 2 aromatic heterocycles. The second-order valence-corrected chi connectivity index (χ2v) is 10.9. The molecule has 0 bridgehead atoms. The number of carbonyl (C=O) groups is 1. The Labute approximate surface area is 247 Å². The number of amides is 1. The number of nitrogens with one attached hydrogen (secondary N) is 2. The lowest BCUT2D eigenvalue weighted by Crippen LogP contribution is -2.32. The molecule has 0 saturated heterocycles. The van der Waals surface area contributed by atoms with Crippen LogP contribution in [0.2, 0.25) is 20.1 Å². The average Bonchev–Trinajstić information content (AvgIpc) is 3.53. The van der Waals surface area contributed by atoms with Crippen LogP contribution in [0, 0.1) is 0 Å². The second kappa shape index (κ2) is 11.5. The minimum Gasteiger partial charge on any atom is -0.457 e. The highest BCUT2D eigenvalue weighted by atomic mass is 35.5. The molecule has 2 heterocycles. The highest BCUT2D eigenvalue weighted by Gasteiger charge is 2.15. The van der Waals surface area contributed by atoms with Gasteiger partial charge in [-0.25, -0.2) is 4.98 Å². The number of nitrogens with zero attached hydrogens (tertiary/aromatic N) is 1. The summed E-state index contributed by atoms with van der Waals surface area (Å²) in [7, 11) is 0. The van der Waals surface area contributed by atoms with Crippen molar-refractivity contribution in [2.75, 3.05) is 5.32 Å². The normalized spacial score (nSPS) is 11.3. The summed E-state index contributed by atoms with van der Waals surface area (Å²) in [5.41, 5.74) is 2.71. The Hall–Kier alpha value is -2.91. The summed E-state index contributed by atoms with van der Waals surface area (Å²) in [6.07, 6.45) is 2.81. The summed E-state index contributed by atoms with van der Waals surface area (Å²) in [5.74, 6) is 0.514. The zero-order chi connectivity index (χ0) is 26.8. The van der Waals surface area contributed by atoms with Crippen LogP contribution in [0.5, 0.6) is 0 Å². The van der Waals surface area contributed by atoms with Crippen molar-refractivity contribution in [1.29, 1.82) is 0 Å². The molecule has 0 fully saturated rings. The Morgan fingerprint density at radius 2 is 1.74 bits per heavy atom. The quantitative estimate of drug-likeness (QED) is 0.152. The van der Waals surface area contributed by atoms with Crippen molar-refractivity contribution in [2.24, 2.45) is 0 Å². The number of furan rings is 1. The number of benzene rings is 3. The molecule has 5 aromatic rings. The average molecular weight is 619 g/mol. The lowest BCUT2D eigenvalue weighted by molar-refractivity contribution is -0.115. The molecule has 0 unspecified atom stereocenters. The van der Waals surface area contributed by atoms with Gasteiger partial charge in [-0.3, -0.25) is 10.1 Å². The molecule has 1 amide bonds. The number of thiazole rings is 1. The van der Waals surface area contributed by atoms with Gasteiger partial charge in [0.2, 0.25) is 5.91 Å². The number of fused-ring (bicyclic) bond motifs is 1. The monoisotopic (exact) mass is 617 g/mol. The fourth-order valence-corrected chi connectivity index (χ4v) is 5.72. The smallest absolute Gasteiger partial charge is 0.250 e. The van der Waals surface area contributed by atoms with Gasteiger partial charge < -0.3 is 9.73 Å². The molecule has 3 aromatic carbocycles. The molecule has 0 saturated carbocycles. The number of anilines is 1. The predicted octanol–water partition coefficient (Wildman–Crippen LogP) is 9.36. The number of para-hydroxylation sites is 1. The molecular weight excluding hydrogens is 604 g/mol. The molecule has 2 N–H and O–H groups in total. The van der Waals surface area contributed by atoms with Gasteiger partial charge in [0.05, 0.1) is 36.0 Å². The third kappa shape index (κ3) is 5.89. The molecule has 0 aliphatic rings. The molecule has 5 rings (SSSR count). The van der Waals surface area contributed by atoms with Crippen LogP contribution < -0.4 is 10.6 Å². The van der Waals surface area contributed by atoms with Gasteiger partial charge in [0.25, 0.3) is 0 Å². The van der Waals surface area contributed by atoms with E-state index in [0.29, 0.717) is 48.4 Å². The third-order valence-corrected chi connectivity index (χ3v) is 8.03. The molecule has 0 atom stereocenters. The van der Waals surface area contributed by atoms with Crippen molar-refractivity contribution in [3.63, 3.8) is 0 Å². The van der Waals surface area contributed by atoms with Crippen molar-refractivity contribution in [3.8, 4) is 21.9 Å². The number of halogens is 4. The zero-order valence-electron chi connectivity index (χ0n) is 19.1. The fraction of sp³-hybridized carbons (Fsp3) is 0. The van der Waals surface area contributed by atoms with Crippen molar-refractivity contribution in [2.45, 2.75) is 0 Å². The Kier molecular flexibility index (Phi) is 8.04. The Bertz CT molecular complexity index is 1700. The van der Waals surface area contributed by atoms with Crippen LogP contribution in [0.25, 0.3) is 38.2 Å². The maximum absolute atomic E-state index is 12.5. The maximum atomic E-state index is 12.5. The molecule has 190 valence electrons. The summed E-state index contributed by atoms with van der Waals surface area (Å²) < 4.78 is 6.81. The van der Waals surface area contributed by atoms with Crippen molar-refractivity contribution in [3.05, 3.63) is 98.7 Å². The first-order valence-corrected chi connectivity index (χ1v) is 13.7. The minimum atomic E-state index is -0.460. The van der Waals surface area contributed by atoms with Crippen LogP contribution >= 0.6 is 70.0 Å². The van der Waals surface area contributed by atoms with Gasteiger partial charge in [0.1, 0.15) is 16.5 Å². The number of rotatable bonds is 5. The van der Waals surface area contributed by atoms with Crippen LogP contribution in [0.15, 0.2) is 77.2 Å². The van der Waals surface area contributed by atoms with E-state index < -0.39 is 5.91 Å². The van der Waals surface area contributed by atoms with Gasteiger partial charge in [-0.2, -0.15) is 0 Å². The third-order valence-electron chi connectivity index (χ3n) is 5.31. The van der Waals surface area contributed by atoms with Gasteiger partial charge in [0, 0.05) is 17.2 Å². The standard InChI is InChI=1S/C27H15Cl4N3O2S2/c28-17-5-3-4-15(25(17)31)22-10-8-14(36-22)9-11-24(35)34-27(37)33-21-12-16(18(29)13-19(21)30)26-32-20-6-1-2-7-23(20)38-26/h1-13H,(H2,33,34,35,37). The largest absolute Gasteiger partial charge is 0.457 e. The van der Waals surface area contributed by atoms with Gasteiger partial charge in [-0.15, -0.1) is 11.3 Å². The van der Waals surface area contributed by atoms with E-state index in [4.69, 9.17) is 63.0 Å². The molecule has 5 nitrogen and oxygen atoms in total. The van der Waals surface area contributed by atoms with E-state index in [1.165, 1.54) is 23.5 Å². The summed E-state index contributed by atoms with van der Waals surface area (Å²) in [4.78, 5) is 17.1. The molecule has 0 aliphatic heterocycles. The number of hydrogen-bond donors (Lipinski definition) is 2.